The van der Waals surface area contributed by atoms with Crippen molar-refractivity contribution >= 4 is 0 Å². The molecule has 0 spiro atoms. The molecular weight excluding hydrogens is 456 g/mol. The molecule has 3 heteroatoms. The first-order chi connectivity index (χ1) is 17.7. The van der Waals surface area contributed by atoms with Gasteiger partial charge in [-0.25, -0.2) is 0 Å². The Labute approximate surface area is 226 Å². The average molecular weight is 511 g/mol. The molecule has 3 nitrogen and oxygen atoms in total. The zero-order valence-corrected chi connectivity index (χ0v) is 23.9. The fraction of sp³-hybridized carbons (Fsp3) is 0.765. The van der Waals surface area contributed by atoms with Crippen molar-refractivity contribution in [2.24, 2.45) is 28.6 Å². The molecular formula is C34H54O3. The predicted octanol–water partition coefficient (Wildman–Crippen LogP) is 7.82. The molecule has 0 saturated heterocycles. The molecule has 3 N–H and O–H groups in total. The summed E-state index contributed by atoms with van der Waals surface area (Å²) in [4.78, 5) is 0. The van der Waals surface area contributed by atoms with Gasteiger partial charge >= 0.3 is 0 Å². The smallest absolute Gasteiger partial charge is 0.0811 e. The van der Waals surface area contributed by atoms with E-state index in [2.05, 4.69) is 51.7 Å². The van der Waals surface area contributed by atoms with Gasteiger partial charge in [-0.05, 0) is 97.5 Å². The lowest BCUT2D eigenvalue weighted by atomic mass is 9.61. The van der Waals surface area contributed by atoms with Crippen LogP contribution >= 0.6 is 0 Å². The second kappa shape index (κ2) is 12.3. The van der Waals surface area contributed by atoms with Crippen LogP contribution in [0.1, 0.15) is 117 Å². The van der Waals surface area contributed by atoms with E-state index in [0.29, 0.717) is 36.0 Å². The summed E-state index contributed by atoms with van der Waals surface area (Å²) in [6.45, 7) is 11.2. The average Bonchev–Trinajstić information content (AvgIpc) is 3.57. The molecule has 0 unspecified atom stereocenters. The topological polar surface area (TPSA) is 60.7 Å². The van der Waals surface area contributed by atoms with Gasteiger partial charge in [-0.3, -0.25) is 0 Å². The van der Waals surface area contributed by atoms with E-state index in [0.717, 1.165) is 17.6 Å². The Morgan fingerprint density at radius 2 is 1.78 bits per heavy atom. The maximum atomic E-state index is 11.1. The summed E-state index contributed by atoms with van der Waals surface area (Å²) in [6.07, 6.45) is 24.8. The maximum Gasteiger partial charge on any atom is 0.0811 e. The van der Waals surface area contributed by atoms with Crippen LogP contribution in [0.15, 0.2) is 47.6 Å². The van der Waals surface area contributed by atoms with Gasteiger partial charge in [-0.2, -0.15) is 0 Å². The van der Waals surface area contributed by atoms with Crippen LogP contribution in [0.25, 0.3) is 0 Å². The van der Waals surface area contributed by atoms with Crippen LogP contribution in [0.5, 0.6) is 0 Å². The zero-order chi connectivity index (χ0) is 26.6. The van der Waals surface area contributed by atoms with Crippen LogP contribution in [-0.4, -0.2) is 33.6 Å². The molecule has 4 aliphatic rings. The van der Waals surface area contributed by atoms with Crippen molar-refractivity contribution in [3.05, 3.63) is 47.6 Å². The van der Waals surface area contributed by atoms with E-state index in [9.17, 15) is 15.3 Å². The molecule has 0 aromatic rings. The fourth-order valence-electron chi connectivity index (χ4n) is 8.16. The number of aliphatic hydroxyl groups excluding tert-OH is 3. The van der Waals surface area contributed by atoms with Gasteiger partial charge in [0.05, 0.1) is 18.3 Å². The number of hydrogen-bond donors (Lipinski definition) is 3. The van der Waals surface area contributed by atoms with E-state index < -0.39 is 12.2 Å². The van der Waals surface area contributed by atoms with Crippen molar-refractivity contribution in [3.63, 3.8) is 0 Å². The monoisotopic (exact) mass is 510 g/mol. The minimum Gasteiger partial charge on any atom is -0.393 e. The van der Waals surface area contributed by atoms with E-state index in [-0.39, 0.29) is 11.5 Å². The standard InChI is InChI=1S/C34H54O3/c1-5-6-7-8-9-19-34(20-21-34)32(37)17-12-24(2)29-15-16-30-26(11-10-18-33(29,30)4)13-14-27-22-28(35)23-31(36)25(27)3/h12-14,17,24,28-32,35-37H,3,5-11,15-16,18-23H2,1-2,4H3/b17-12+,26-13+,27-14-/t24-,28-,29-,30+,31+,32+,33-/m1/s1. The van der Waals surface area contributed by atoms with Crippen molar-refractivity contribution in [3.8, 4) is 0 Å². The first-order valence-electron chi connectivity index (χ1n) is 15.5. The van der Waals surface area contributed by atoms with Gasteiger partial charge in [0.1, 0.15) is 0 Å². The van der Waals surface area contributed by atoms with Crippen LogP contribution < -0.4 is 0 Å². The van der Waals surface area contributed by atoms with Crippen LogP contribution in [0.3, 0.4) is 0 Å². The Bertz CT molecular complexity index is 877. The van der Waals surface area contributed by atoms with Gasteiger partial charge in [-0.1, -0.05) is 89.3 Å². The highest BCUT2D eigenvalue weighted by atomic mass is 16.3. The fourth-order valence-corrected chi connectivity index (χ4v) is 8.16. The number of unbranched alkanes of at least 4 members (excludes halogenated alkanes) is 4. The van der Waals surface area contributed by atoms with E-state index in [1.54, 1.807) is 5.57 Å². The molecule has 37 heavy (non-hydrogen) atoms. The van der Waals surface area contributed by atoms with Crippen LogP contribution in [0, 0.1) is 28.6 Å². The molecule has 4 saturated carbocycles. The lowest BCUT2D eigenvalue weighted by Gasteiger charge is -2.44. The second-order valence-electron chi connectivity index (χ2n) is 13.4. The minimum absolute atomic E-state index is 0.170. The highest BCUT2D eigenvalue weighted by Crippen LogP contribution is 2.60. The van der Waals surface area contributed by atoms with Crippen molar-refractivity contribution in [1.82, 2.24) is 0 Å². The van der Waals surface area contributed by atoms with Gasteiger partial charge in [0.25, 0.3) is 0 Å². The van der Waals surface area contributed by atoms with Gasteiger partial charge in [0.2, 0.25) is 0 Å². The summed E-state index contributed by atoms with van der Waals surface area (Å²) in [5, 5.41) is 31.4. The molecule has 0 aromatic heterocycles. The maximum absolute atomic E-state index is 11.1. The van der Waals surface area contributed by atoms with Gasteiger partial charge < -0.3 is 15.3 Å². The highest BCUT2D eigenvalue weighted by molar-refractivity contribution is 5.38. The SMILES string of the molecule is C=C1/C(=C\C=C2/CCC[C@]3(C)[C@@H]([C@H](C)/C=C/[C@H](O)C4(CCCCCCC)CC4)CC[C@@H]23)C[C@@H](O)C[C@@H]1O. The van der Waals surface area contributed by atoms with Crippen LogP contribution in [0.2, 0.25) is 0 Å². The van der Waals surface area contributed by atoms with Gasteiger partial charge in [0, 0.05) is 6.42 Å². The van der Waals surface area contributed by atoms with Crippen molar-refractivity contribution in [2.45, 2.75) is 135 Å². The first kappa shape index (κ1) is 28.8. The molecule has 0 bridgehead atoms. The Hall–Kier alpha value is -1.16. The lowest BCUT2D eigenvalue weighted by molar-refractivity contribution is 0.0862. The molecule has 0 amide bonds. The molecule has 4 rings (SSSR count). The number of allylic oxidation sites excluding steroid dienone is 4. The molecule has 0 heterocycles. The number of aliphatic hydroxyl groups is 3. The van der Waals surface area contributed by atoms with Crippen LogP contribution in [0.4, 0.5) is 0 Å². The Morgan fingerprint density at radius 3 is 2.51 bits per heavy atom. The lowest BCUT2D eigenvalue weighted by Crippen LogP contribution is -2.35. The molecule has 0 aliphatic heterocycles. The third-order valence-electron chi connectivity index (χ3n) is 10.8. The molecule has 208 valence electrons. The number of fused-ring (bicyclic) bond motifs is 1. The summed E-state index contributed by atoms with van der Waals surface area (Å²) in [6, 6.07) is 0. The Balaban J connectivity index is 1.37. The molecule has 4 aliphatic carbocycles. The minimum atomic E-state index is -0.625. The van der Waals surface area contributed by atoms with Crippen LogP contribution in [-0.2, 0) is 0 Å². The third kappa shape index (κ3) is 6.53. The summed E-state index contributed by atoms with van der Waals surface area (Å²) >= 11 is 0. The van der Waals surface area contributed by atoms with Crippen molar-refractivity contribution < 1.29 is 15.3 Å². The van der Waals surface area contributed by atoms with E-state index in [1.165, 1.54) is 77.0 Å². The Kier molecular flexibility index (Phi) is 9.62. The zero-order valence-electron chi connectivity index (χ0n) is 23.9. The number of hydrogen-bond acceptors (Lipinski definition) is 3. The molecule has 0 radical (unpaired) electrons. The van der Waals surface area contributed by atoms with Gasteiger partial charge in [-0.15, -0.1) is 0 Å². The number of rotatable bonds is 11. The summed E-state index contributed by atoms with van der Waals surface area (Å²) in [5.41, 5.74) is 3.80. The highest BCUT2D eigenvalue weighted by Gasteiger charge is 2.51. The molecule has 7 atom stereocenters. The quantitative estimate of drug-likeness (QED) is 0.196. The second-order valence-corrected chi connectivity index (χ2v) is 13.4. The molecule has 4 fully saturated rings. The summed E-state index contributed by atoms with van der Waals surface area (Å²) in [5.74, 6) is 1.73. The van der Waals surface area contributed by atoms with Gasteiger partial charge in [0.15, 0.2) is 0 Å². The largest absolute Gasteiger partial charge is 0.393 e. The van der Waals surface area contributed by atoms with E-state index in [4.69, 9.17) is 0 Å². The van der Waals surface area contributed by atoms with Crippen molar-refractivity contribution in [2.75, 3.05) is 0 Å². The van der Waals surface area contributed by atoms with E-state index in [1.807, 2.05) is 0 Å². The van der Waals surface area contributed by atoms with E-state index >= 15 is 0 Å². The van der Waals surface area contributed by atoms with Crippen molar-refractivity contribution in [1.29, 1.82) is 0 Å². The predicted molar refractivity (Wildman–Crippen MR) is 154 cm³/mol. The summed E-state index contributed by atoms with van der Waals surface area (Å²) in [7, 11) is 0. The first-order valence-corrected chi connectivity index (χ1v) is 15.5. The normalized spacial score (nSPS) is 37.3. The third-order valence-corrected chi connectivity index (χ3v) is 10.8. The molecule has 0 aromatic carbocycles. The Morgan fingerprint density at radius 1 is 1.03 bits per heavy atom. The summed E-state index contributed by atoms with van der Waals surface area (Å²) < 4.78 is 0.